The molecule has 0 radical (unpaired) electrons. The highest BCUT2D eigenvalue weighted by Gasteiger charge is 2.00. The molecule has 0 aliphatic carbocycles. The summed E-state index contributed by atoms with van der Waals surface area (Å²) in [5, 5.41) is 0. The number of nitrogens with two attached hydrogens (primary N) is 1. The highest BCUT2D eigenvalue weighted by atomic mass is 79.9. The van der Waals surface area contributed by atoms with Crippen molar-refractivity contribution in [3.63, 3.8) is 0 Å². The summed E-state index contributed by atoms with van der Waals surface area (Å²) in [7, 11) is 0. The molecule has 1 nitrogen and oxygen atoms in total. The van der Waals surface area contributed by atoms with E-state index in [1.165, 1.54) is 9.79 Å². The average molecular weight is 359 g/mol. The molecule has 0 unspecified atom stereocenters. The van der Waals surface area contributed by atoms with E-state index in [0.717, 1.165) is 14.6 Å². The summed E-state index contributed by atoms with van der Waals surface area (Å²) in [6, 6.07) is 14.1. The minimum atomic E-state index is 0.793. The number of hydrogen-bond acceptors (Lipinski definition) is 2. The second kappa shape index (κ2) is 5.25. The van der Waals surface area contributed by atoms with E-state index in [-0.39, 0.29) is 0 Å². The maximum atomic E-state index is 5.64. The van der Waals surface area contributed by atoms with Crippen LogP contribution in [-0.4, -0.2) is 0 Å². The minimum Gasteiger partial charge on any atom is -0.399 e. The number of benzene rings is 2. The molecule has 0 saturated heterocycles. The van der Waals surface area contributed by atoms with Crippen molar-refractivity contribution < 1.29 is 0 Å². The zero-order chi connectivity index (χ0) is 11.5. The fourth-order valence-electron chi connectivity index (χ4n) is 1.21. The van der Waals surface area contributed by atoms with Crippen LogP contribution in [0.2, 0.25) is 0 Å². The van der Waals surface area contributed by atoms with Crippen LogP contribution in [0.4, 0.5) is 5.69 Å². The van der Waals surface area contributed by atoms with E-state index < -0.39 is 0 Å². The molecule has 0 atom stereocenters. The maximum absolute atomic E-state index is 5.64. The Bertz CT molecular complexity index is 497. The fourth-order valence-corrected chi connectivity index (χ4v) is 2.85. The molecule has 2 aromatic carbocycles. The Hall–Kier alpha value is -0.450. The van der Waals surface area contributed by atoms with E-state index in [1.54, 1.807) is 11.8 Å². The lowest BCUT2D eigenvalue weighted by molar-refractivity contribution is 1.38. The van der Waals surface area contributed by atoms with Gasteiger partial charge in [0.15, 0.2) is 0 Å². The lowest BCUT2D eigenvalue weighted by Crippen LogP contribution is -1.82. The van der Waals surface area contributed by atoms with Crippen LogP contribution in [0.1, 0.15) is 0 Å². The quantitative estimate of drug-likeness (QED) is 0.769. The van der Waals surface area contributed by atoms with E-state index in [2.05, 4.69) is 44.0 Å². The summed E-state index contributed by atoms with van der Waals surface area (Å²) >= 11 is 8.66. The second-order valence-electron chi connectivity index (χ2n) is 3.25. The van der Waals surface area contributed by atoms with Gasteiger partial charge in [0.25, 0.3) is 0 Å². The largest absolute Gasteiger partial charge is 0.399 e. The van der Waals surface area contributed by atoms with Gasteiger partial charge in [0.05, 0.1) is 0 Å². The first-order valence-corrected chi connectivity index (χ1v) is 7.04. The van der Waals surface area contributed by atoms with Gasteiger partial charge in [-0.2, -0.15) is 0 Å². The molecule has 0 heterocycles. The van der Waals surface area contributed by atoms with Crippen LogP contribution in [0.5, 0.6) is 0 Å². The minimum absolute atomic E-state index is 0.793. The highest BCUT2D eigenvalue weighted by Crippen LogP contribution is 2.32. The number of halogens is 2. The van der Waals surface area contributed by atoms with Crippen LogP contribution in [0.15, 0.2) is 61.2 Å². The summed E-state index contributed by atoms with van der Waals surface area (Å²) < 4.78 is 2.13. The Morgan fingerprint density at radius 3 is 2.06 bits per heavy atom. The molecule has 2 rings (SSSR count). The van der Waals surface area contributed by atoms with Gasteiger partial charge in [0.1, 0.15) is 0 Å². The lowest BCUT2D eigenvalue weighted by atomic mass is 10.3. The van der Waals surface area contributed by atoms with Crippen molar-refractivity contribution in [2.24, 2.45) is 0 Å². The van der Waals surface area contributed by atoms with Gasteiger partial charge in [-0.15, -0.1) is 0 Å². The number of rotatable bonds is 2. The third-order valence-corrected chi connectivity index (χ3v) is 4.88. The average Bonchev–Trinajstić information content (AvgIpc) is 2.27. The Morgan fingerprint density at radius 1 is 0.812 bits per heavy atom. The molecule has 0 spiro atoms. The van der Waals surface area contributed by atoms with Gasteiger partial charge in [-0.3, -0.25) is 0 Å². The Balaban J connectivity index is 2.20. The molecule has 0 saturated carbocycles. The van der Waals surface area contributed by atoms with Crippen molar-refractivity contribution >= 4 is 49.3 Å². The first kappa shape index (κ1) is 12.0. The first-order chi connectivity index (χ1) is 7.65. The van der Waals surface area contributed by atoms with Crippen LogP contribution in [-0.2, 0) is 0 Å². The molecule has 16 heavy (non-hydrogen) atoms. The molecule has 2 N–H and O–H groups in total. The molecule has 2 aromatic rings. The zero-order valence-corrected chi connectivity index (χ0v) is 12.3. The predicted octanol–water partition coefficient (Wildman–Crippen LogP) is 4.95. The molecule has 0 aromatic heterocycles. The van der Waals surface area contributed by atoms with Crippen molar-refractivity contribution in [3.8, 4) is 0 Å². The third-order valence-electron chi connectivity index (χ3n) is 2.01. The monoisotopic (exact) mass is 357 g/mol. The topological polar surface area (TPSA) is 26.0 Å². The third kappa shape index (κ3) is 3.03. The van der Waals surface area contributed by atoms with Crippen molar-refractivity contribution in [2.45, 2.75) is 9.79 Å². The first-order valence-electron chi connectivity index (χ1n) is 4.63. The maximum Gasteiger partial charge on any atom is 0.0328 e. The van der Waals surface area contributed by atoms with E-state index in [9.17, 15) is 0 Å². The van der Waals surface area contributed by atoms with Gasteiger partial charge >= 0.3 is 0 Å². The summed E-state index contributed by atoms with van der Waals surface area (Å²) in [6.45, 7) is 0. The standard InChI is InChI=1S/C12H9Br2NS/c13-11-6-5-10(7-12(11)14)16-9-3-1-8(15)2-4-9/h1-7H,15H2. The molecular formula is C12H9Br2NS. The second-order valence-corrected chi connectivity index (χ2v) is 6.10. The smallest absolute Gasteiger partial charge is 0.0328 e. The number of nitrogen functional groups attached to an aromatic ring is 1. The zero-order valence-electron chi connectivity index (χ0n) is 8.28. The van der Waals surface area contributed by atoms with Gasteiger partial charge in [-0.25, -0.2) is 0 Å². The van der Waals surface area contributed by atoms with Crippen LogP contribution < -0.4 is 5.73 Å². The molecule has 0 fully saturated rings. The van der Waals surface area contributed by atoms with E-state index in [0.29, 0.717) is 0 Å². The number of hydrogen-bond donors (Lipinski definition) is 1. The number of anilines is 1. The van der Waals surface area contributed by atoms with E-state index in [4.69, 9.17) is 5.73 Å². The summed E-state index contributed by atoms with van der Waals surface area (Å²) in [6.07, 6.45) is 0. The highest BCUT2D eigenvalue weighted by molar-refractivity contribution is 9.13. The van der Waals surface area contributed by atoms with Gasteiger partial charge < -0.3 is 5.73 Å². The summed E-state index contributed by atoms with van der Waals surface area (Å²) in [5.74, 6) is 0. The van der Waals surface area contributed by atoms with Gasteiger partial charge in [0.2, 0.25) is 0 Å². The van der Waals surface area contributed by atoms with Crippen LogP contribution >= 0.6 is 43.6 Å². The molecular weight excluding hydrogens is 350 g/mol. The molecule has 0 aliphatic rings. The van der Waals surface area contributed by atoms with Crippen LogP contribution in [0.3, 0.4) is 0 Å². The lowest BCUT2D eigenvalue weighted by Gasteiger charge is -2.03. The molecule has 4 heteroatoms. The van der Waals surface area contributed by atoms with Crippen molar-refractivity contribution in [3.05, 3.63) is 51.4 Å². The van der Waals surface area contributed by atoms with Crippen molar-refractivity contribution in [1.29, 1.82) is 0 Å². The van der Waals surface area contributed by atoms with E-state index >= 15 is 0 Å². The predicted molar refractivity (Wildman–Crippen MR) is 76.8 cm³/mol. The van der Waals surface area contributed by atoms with Gasteiger partial charge in [-0.1, -0.05) is 11.8 Å². The normalized spacial score (nSPS) is 10.4. The van der Waals surface area contributed by atoms with Gasteiger partial charge in [-0.05, 0) is 74.3 Å². The van der Waals surface area contributed by atoms with Crippen LogP contribution in [0, 0.1) is 0 Å². The molecule has 0 bridgehead atoms. The van der Waals surface area contributed by atoms with Crippen molar-refractivity contribution in [2.75, 3.05) is 5.73 Å². The van der Waals surface area contributed by atoms with Crippen LogP contribution in [0.25, 0.3) is 0 Å². The Morgan fingerprint density at radius 2 is 1.44 bits per heavy atom. The van der Waals surface area contributed by atoms with Gasteiger partial charge in [0, 0.05) is 24.4 Å². The molecule has 0 amide bonds. The molecule has 82 valence electrons. The molecule has 0 aliphatic heterocycles. The Labute approximate surface area is 116 Å². The Kier molecular flexibility index (Phi) is 3.95. The summed E-state index contributed by atoms with van der Waals surface area (Å²) in [5.41, 5.74) is 6.43. The fraction of sp³-hybridized carbons (Fsp3) is 0. The van der Waals surface area contributed by atoms with E-state index in [1.807, 2.05) is 30.3 Å². The van der Waals surface area contributed by atoms with Crippen molar-refractivity contribution in [1.82, 2.24) is 0 Å². The summed E-state index contributed by atoms with van der Waals surface area (Å²) in [4.78, 5) is 2.38. The SMILES string of the molecule is Nc1ccc(Sc2ccc(Br)c(Br)c2)cc1.